The summed E-state index contributed by atoms with van der Waals surface area (Å²) in [5.41, 5.74) is 6.92. The van der Waals surface area contributed by atoms with Crippen molar-refractivity contribution >= 4 is 15.9 Å². The lowest BCUT2D eigenvalue weighted by atomic mass is 9.95. The van der Waals surface area contributed by atoms with Crippen LogP contribution in [0.4, 0.5) is 4.39 Å². The molecule has 0 aromatic heterocycles. The number of hydrogen-bond donors (Lipinski definition) is 1. The van der Waals surface area contributed by atoms with Gasteiger partial charge in [0.25, 0.3) is 0 Å². The van der Waals surface area contributed by atoms with Gasteiger partial charge in [-0.15, -0.1) is 0 Å². The third kappa shape index (κ3) is 3.16. The number of nitrogens with two attached hydrogens (primary N) is 1. The second kappa shape index (κ2) is 5.87. The van der Waals surface area contributed by atoms with Gasteiger partial charge >= 0.3 is 0 Å². The van der Waals surface area contributed by atoms with Crippen LogP contribution in [0.5, 0.6) is 0 Å². The van der Waals surface area contributed by atoms with Crippen LogP contribution in [0.15, 0.2) is 22.7 Å². The highest BCUT2D eigenvalue weighted by molar-refractivity contribution is 9.10. The van der Waals surface area contributed by atoms with Crippen molar-refractivity contribution < 1.29 is 9.13 Å². The number of nitrogens with zero attached hydrogens (tertiary/aromatic N) is 1. The van der Waals surface area contributed by atoms with Gasteiger partial charge in [0.15, 0.2) is 0 Å². The first-order chi connectivity index (χ1) is 8.95. The van der Waals surface area contributed by atoms with Gasteiger partial charge < -0.3 is 10.5 Å². The number of hydrogen-bond acceptors (Lipinski definition) is 3. The maximum atomic E-state index is 13.2. The first-order valence-electron chi connectivity index (χ1n) is 6.45. The fourth-order valence-electron chi connectivity index (χ4n) is 2.64. The van der Waals surface area contributed by atoms with E-state index < -0.39 is 0 Å². The summed E-state index contributed by atoms with van der Waals surface area (Å²) in [5, 5.41) is 0. The average molecular weight is 331 g/mol. The van der Waals surface area contributed by atoms with Crippen LogP contribution in [-0.2, 0) is 4.74 Å². The number of ether oxygens (including phenoxy) is 1. The lowest BCUT2D eigenvalue weighted by Gasteiger charge is -2.46. The van der Waals surface area contributed by atoms with Crippen LogP contribution in [-0.4, -0.2) is 36.7 Å². The third-order valence-corrected chi connectivity index (χ3v) is 4.32. The summed E-state index contributed by atoms with van der Waals surface area (Å²) in [6.07, 6.45) is 0. The van der Waals surface area contributed by atoms with Crippen molar-refractivity contribution in [1.82, 2.24) is 4.90 Å². The number of halogens is 2. The maximum absolute atomic E-state index is 13.2. The molecule has 5 heteroatoms. The largest absolute Gasteiger partial charge is 0.378 e. The molecule has 1 aromatic rings. The van der Waals surface area contributed by atoms with Gasteiger partial charge in [-0.1, -0.05) is 22.0 Å². The topological polar surface area (TPSA) is 38.5 Å². The summed E-state index contributed by atoms with van der Waals surface area (Å²) in [4.78, 5) is 2.34. The Morgan fingerprint density at radius 2 is 2.26 bits per heavy atom. The zero-order valence-electron chi connectivity index (χ0n) is 11.3. The van der Waals surface area contributed by atoms with E-state index in [0.29, 0.717) is 19.8 Å². The summed E-state index contributed by atoms with van der Waals surface area (Å²) in [6.45, 7) is 7.01. The van der Waals surface area contributed by atoms with E-state index in [0.717, 1.165) is 16.6 Å². The molecule has 106 valence electrons. The Hall–Kier alpha value is -0.490. The number of rotatable bonds is 3. The van der Waals surface area contributed by atoms with E-state index in [2.05, 4.69) is 34.7 Å². The van der Waals surface area contributed by atoms with Gasteiger partial charge in [-0.25, -0.2) is 4.39 Å². The quantitative estimate of drug-likeness (QED) is 0.926. The van der Waals surface area contributed by atoms with E-state index in [1.807, 2.05) is 6.07 Å². The lowest BCUT2D eigenvalue weighted by molar-refractivity contribution is -0.0714. The van der Waals surface area contributed by atoms with Crippen molar-refractivity contribution in [3.63, 3.8) is 0 Å². The molecule has 2 rings (SSSR count). The number of benzene rings is 1. The summed E-state index contributed by atoms with van der Waals surface area (Å²) in [7, 11) is 0. The monoisotopic (exact) mass is 330 g/mol. The Labute approximate surface area is 122 Å². The molecular weight excluding hydrogens is 311 g/mol. The maximum Gasteiger partial charge on any atom is 0.124 e. The lowest BCUT2D eigenvalue weighted by Crippen LogP contribution is -2.55. The molecule has 1 aliphatic heterocycles. The molecule has 0 bridgehead atoms. The Bertz CT molecular complexity index is 453. The van der Waals surface area contributed by atoms with Crippen LogP contribution in [0.25, 0.3) is 0 Å². The summed E-state index contributed by atoms with van der Waals surface area (Å²) >= 11 is 3.44. The van der Waals surface area contributed by atoms with Crippen molar-refractivity contribution in [3.8, 4) is 0 Å². The molecule has 1 saturated heterocycles. The minimum absolute atomic E-state index is 0.0638. The minimum atomic E-state index is -0.243. The molecule has 1 fully saturated rings. The zero-order valence-corrected chi connectivity index (χ0v) is 12.9. The van der Waals surface area contributed by atoms with Gasteiger partial charge in [-0.3, -0.25) is 4.90 Å². The van der Waals surface area contributed by atoms with E-state index >= 15 is 0 Å². The molecule has 2 N–H and O–H groups in total. The molecule has 19 heavy (non-hydrogen) atoms. The van der Waals surface area contributed by atoms with Crippen LogP contribution in [0, 0.1) is 5.82 Å². The predicted octanol–water partition coefficient (Wildman–Crippen LogP) is 2.70. The summed E-state index contributed by atoms with van der Waals surface area (Å²) in [6, 6.07) is 4.85. The highest BCUT2D eigenvalue weighted by atomic mass is 79.9. The summed E-state index contributed by atoms with van der Waals surface area (Å²) < 4.78 is 19.5. The SMILES string of the molecule is CC1(C)COCCN1C(CN)c1ccc(F)cc1Br. The Balaban J connectivity index is 2.33. The van der Waals surface area contributed by atoms with E-state index in [9.17, 15) is 4.39 Å². The van der Waals surface area contributed by atoms with Crippen molar-refractivity contribution in [1.29, 1.82) is 0 Å². The molecule has 0 spiro atoms. The van der Waals surface area contributed by atoms with E-state index in [-0.39, 0.29) is 17.4 Å². The summed E-state index contributed by atoms with van der Waals surface area (Å²) in [5.74, 6) is -0.243. The molecule has 1 aromatic carbocycles. The van der Waals surface area contributed by atoms with Gasteiger partial charge in [0.05, 0.1) is 13.2 Å². The zero-order chi connectivity index (χ0) is 14.0. The fraction of sp³-hybridized carbons (Fsp3) is 0.571. The smallest absolute Gasteiger partial charge is 0.124 e. The molecule has 0 saturated carbocycles. The molecule has 3 nitrogen and oxygen atoms in total. The van der Waals surface area contributed by atoms with Crippen LogP contribution in [0.1, 0.15) is 25.5 Å². The fourth-order valence-corrected chi connectivity index (χ4v) is 3.26. The van der Waals surface area contributed by atoms with Gasteiger partial charge in [0.2, 0.25) is 0 Å². The van der Waals surface area contributed by atoms with Crippen molar-refractivity contribution in [2.24, 2.45) is 5.73 Å². The van der Waals surface area contributed by atoms with E-state index in [1.54, 1.807) is 0 Å². The molecule has 0 aliphatic carbocycles. The van der Waals surface area contributed by atoms with Crippen LogP contribution in [0.2, 0.25) is 0 Å². The first kappa shape index (κ1) is 14.9. The first-order valence-corrected chi connectivity index (χ1v) is 7.24. The van der Waals surface area contributed by atoms with Gasteiger partial charge in [-0.2, -0.15) is 0 Å². The van der Waals surface area contributed by atoms with E-state index in [4.69, 9.17) is 10.5 Å². The normalized spacial score (nSPS) is 21.3. The van der Waals surface area contributed by atoms with E-state index in [1.165, 1.54) is 12.1 Å². The molecule has 1 heterocycles. The Morgan fingerprint density at radius 3 is 2.84 bits per heavy atom. The van der Waals surface area contributed by atoms with Crippen molar-refractivity contribution in [3.05, 3.63) is 34.1 Å². The number of morpholine rings is 1. The molecule has 0 amide bonds. The van der Waals surface area contributed by atoms with Gasteiger partial charge in [-0.05, 0) is 31.5 Å². The molecule has 1 aliphatic rings. The molecule has 1 atom stereocenters. The second-order valence-corrected chi connectivity index (χ2v) is 6.33. The molecular formula is C14H20BrFN2O. The van der Waals surface area contributed by atoms with Crippen molar-refractivity contribution in [2.45, 2.75) is 25.4 Å². The van der Waals surface area contributed by atoms with Crippen LogP contribution in [0.3, 0.4) is 0 Å². The van der Waals surface area contributed by atoms with Gasteiger partial charge in [0.1, 0.15) is 5.82 Å². The van der Waals surface area contributed by atoms with Crippen LogP contribution >= 0.6 is 15.9 Å². The van der Waals surface area contributed by atoms with Crippen molar-refractivity contribution in [2.75, 3.05) is 26.3 Å². The minimum Gasteiger partial charge on any atom is -0.378 e. The Morgan fingerprint density at radius 1 is 1.53 bits per heavy atom. The predicted molar refractivity (Wildman–Crippen MR) is 77.5 cm³/mol. The molecule has 0 radical (unpaired) electrons. The Kier molecular flexibility index (Phi) is 4.61. The third-order valence-electron chi connectivity index (χ3n) is 3.63. The average Bonchev–Trinajstić information content (AvgIpc) is 2.34. The molecule has 1 unspecified atom stereocenters. The highest BCUT2D eigenvalue weighted by Gasteiger charge is 2.36. The van der Waals surface area contributed by atoms with Gasteiger partial charge in [0, 0.05) is 29.1 Å². The van der Waals surface area contributed by atoms with Crippen LogP contribution < -0.4 is 5.73 Å². The highest BCUT2D eigenvalue weighted by Crippen LogP contribution is 2.33. The standard InChI is InChI=1S/C14H20BrFN2O/c1-14(2)9-19-6-5-18(14)13(8-17)11-4-3-10(16)7-12(11)15/h3-4,7,13H,5-6,8-9,17H2,1-2H3. The second-order valence-electron chi connectivity index (χ2n) is 5.48.